The van der Waals surface area contributed by atoms with Gasteiger partial charge >= 0.3 is 0 Å². The maximum Gasteiger partial charge on any atom is 0.269 e. The summed E-state index contributed by atoms with van der Waals surface area (Å²) in [6.45, 7) is 14.7. The molecule has 2 heterocycles. The van der Waals surface area contributed by atoms with Gasteiger partial charge in [-0.15, -0.1) is 0 Å². The van der Waals surface area contributed by atoms with Gasteiger partial charge in [0.25, 0.3) is 5.91 Å². The Morgan fingerprint density at radius 2 is 1.40 bits per heavy atom. The van der Waals surface area contributed by atoms with Crippen LogP contribution in [0.5, 0.6) is 0 Å². The van der Waals surface area contributed by atoms with Crippen LogP contribution in [0.15, 0.2) is 12.3 Å². The van der Waals surface area contributed by atoms with E-state index in [-0.39, 0.29) is 35.4 Å². The number of carbonyl (C=O) groups is 1. The molecule has 0 spiro atoms. The summed E-state index contributed by atoms with van der Waals surface area (Å²) >= 11 is 0. The first kappa shape index (κ1) is 41.9. The van der Waals surface area contributed by atoms with Gasteiger partial charge in [-0.2, -0.15) is 5.10 Å². The predicted molar refractivity (Wildman–Crippen MR) is 200 cm³/mol. The summed E-state index contributed by atoms with van der Waals surface area (Å²) in [5.74, 6) is -0.0469. The monoisotopic (exact) mass is 678 g/mol. The Bertz CT molecular complexity index is 947. The minimum absolute atomic E-state index is 0.0448. The molecule has 0 unspecified atom stereocenters. The molecule has 2 rings (SSSR count). The van der Waals surface area contributed by atoms with Crippen LogP contribution < -0.4 is 5.32 Å². The van der Waals surface area contributed by atoms with E-state index in [0.717, 1.165) is 44.9 Å². The van der Waals surface area contributed by atoms with Crippen LogP contribution in [0.1, 0.15) is 179 Å². The Hall–Kier alpha value is -1.22. The number of aliphatic hydroxyl groups excluding tert-OH is 1. The lowest BCUT2D eigenvalue weighted by Gasteiger charge is -2.41. The summed E-state index contributed by atoms with van der Waals surface area (Å²) in [7, 11) is -0.121. The second-order valence-electron chi connectivity index (χ2n) is 16.0. The zero-order chi connectivity index (χ0) is 34.5. The highest BCUT2D eigenvalue weighted by Gasteiger charge is 2.43. The van der Waals surface area contributed by atoms with Gasteiger partial charge in [0.05, 0.1) is 24.4 Å². The number of nitrogens with zero attached hydrogens (tertiary/aromatic N) is 2. The molecule has 7 nitrogen and oxygen atoms in total. The highest BCUT2D eigenvalue weighted by Crippen LogP contribution is 2.40. The van der Waals surface area contributed by atoms with Crippen molar-refractivity contribution in [3.05, 3.63) is 18.0 Å². The van der Waals surface area contributed by atoms with Crippen LogP contribution in [0.3, 0.4) is 0 Å². The minimum Gasteiger partial charge on any atom is -0.411 e. The Morgan fingerprint density at radius 3 is 1.94 bits per heavy atom. The second kappa shape index (κ2) is 23.2. The number of nitrogens with one attached hydrogen (secondary N) is 1. The normalized spacial score (nSPS) is 18.5. The van der Waals surface area contributed by atoms with Gasteiger partial charge in [0, 0.05) is 19.8 Å². The van der Waals surface area contributed by atoms with Crippen molar-refractivity contribution >= 4 is 14.2 Å². The predicted octanol–water partition coefficient (Wildman–Crippen LogP) is 10.3. The topological polar surface area (TPSA) is 85.6 Å². The highest BCUT2D eigenvalue weighted by atomic mass is 28.4. The third kappa shape index (κ3) is 16.8. The number of aromatic nitrogens is 2. The number of hydrogen-bond acceptors (Lipinski definition) is 5. The quantitative estimate of drug-likeness (QED) is 0.0715. The highest BCUT2D eigenvalue weighted by molar-refractivity contribution is 6.74. The number of rotatable bonds is 27. The molecule has 2 N–H and O–H groups in total. The summed E-state index contributed by atoms with van der Waals surface area (Å²) in [4.78, 5) is 12.1. The van der Waals surface area contributed by atoms with Crippen molar-refractivity contribution in [3.8, 4) is 0 Å². The first-order chi connectivity index (χ1) is 22.5. The SMILES string of the molecule is CCCCCCCCCCCC[C@@H](O[Si](C)(C)C(C)(C)C)[C@H]1CC[C@H]([C@H](O)CCCCCCCCCCNC(=O)c2ccnn2C)O1. The van der Waals surface area contributed by atoms with Crippen LogP contribution >= 0.6 is 0 Å². The smallest absolute Gasteiger partial charge is 0.269 e. The lowest BCUT2D eigenvalue weighted by atomic mass is 10.00. The molecule has 1 aromatic heterocycles. The first-order valence-corrected chi connectivity index (χ1v) is 22.6. The Kier molecular flexibility index (Phi) is 20.7. The fourth-order valence-electron chi connectivity index (χ4n) is 6.57. The van der Waals surface area contributed by atoms with E-state index in [1.165, 1.54) is 96.3 Å². The zero-order valence-electron chi connectivity index (χ0n) is 31.8. The van der Waals surface area contributed by atoms with Crippen LogP contribution in [0, 0.1) is 0 Å². The van der Waals surface area contributed by atoms with E-state index in [2.05, 4.69) is 51.2 Å². The van der Waals surface area contributed by atoms with E-state index in [1.54, 1.807) is 24.0 Å². The molecule has 0 saturated carbocycles. The molecule has 1 fully saturated rings. The molecule has 0 radical (unpaired) electrons. The van der Waals surface area contributed by atoms with Crippen molar-refractivity contribution in [2.24, 2.45) is 7.05 Å². The van der Waals surface area contributed by atoms with Crippen molar-refractivity contribution in [1.82, 2.24) is 15.1 Å². The lowest BCUT2D eigenvalue weighted by molar-refractivity contribution is -0.0751. The molecule has 8 heteroatoms. The fourth-order valence-corrected chi connectivity index (χ4v) is 7.95. The minimum atomic E-state index is -1.91. The molecule has 274 valence electrons. The molecule has 1 amide bonds. The summed E-state index contributed by atoms with van der Waals surface area (Å²) in [6, 6.07) is 1.74. The number of carbonyl (C=O) groups excluding carboxylic acids is 1. The molecule has 1 aliphatic heterocycles. The average molecular weight is 678 g/mol. The van der Waals surface area contributed by atoms with Gasteiger partial charge in [0.15, 0.2) is 8.32 Å². The second-order valence-corrected chi connectivity index (χ2v) is 20.7. The maximum atomic E-state index is 12.1. The van der Waals surface area contributed by atoms with Crippen LogP contribution in [-0.2, 0) is 16.2 Å². The van der Waals surface area contributed by atoms with Gasteiger partial charge < -0.3 is 19.6 Å². The third-order valence-corrected chi connectivity index (χ3v) is 15.3. The molecule has 0 aromatic carbocycles. The first-order valence-electron chi connectivity index (χ1n) is 19.7. The number of aliphatic hydroxyl groups is 1. The van der Waals surface area contributed by atoms with Gasteiger partial charge in [0.1, 0.15) is 5.69 Å². The number of amides is 1. The zero-order valence-corrected chi connectivity index (χ0v) is 32.8. The summed E-state index contributed by atoms with van der Waals surface area (Å²) in [5.41, 5.74) is 0.605. The van der Waals surface area contributed by atoms with E-state index < -0.39 is 8.32 Å². The van der Waals surface area contributed by atoms with Gasteiger partial charge in [-0.25, -0.2) is 0 Å². The molecule has 1 aliphatic rings. The van der Waals surface area contributed by atoms with E-state index in [9.17, 15) is 9.90 Å². The van der Waals surface area contributed by atoms with Crippen molar-refractivity contribution in [1.29, 1.82) is 0 Å². The summed E-state index contributed by atoms with van der Waals surface area (Å²) in [6.07, 6.45) is 28.2. The molecule has 0 aliphatic carbocycles. The molecule has 0 bridgehead atoms. The van der Waals surface area contributed by atoms with Crippen molar-refractivity contribution in [2.75, 3.05) is 6.54 Å². The van der Waals surface area contributed by atoms with Crippen molar-refractivity contribution in [2.45, 2.75) is 212 Å². The van der Waals surface area contributed by atoms with E-state index in [0.29, 0.717) is 12.2 Å². The largest absolute Gasteiger partial charge is 0.411 e. The van der Waals surface area contributed by atoms with E-state index in [4.69, 9.17) is 9.16 Å². The standard InChI is InChI=1S/C39H75N3O4Si/c1-8-9-10-11-12-13-14-18-21-24-27-37(46-47(6,7)39(2,3)4)36-29-28-35(45-36)34(43)26-23-20-17-15-16-19-22-25-31-40-38(44)33-30-32-41-42(33)5/h30,32,34-37,43H,8-29,31H2,1-7H3,(H,40,44)/t34-,35-,36-,37-/m1/s1. The van der Waals surface area contributed by atoms with Crippen molar-refractivity contribution < 1.29 is 19.1 Å². The van der Waals surface area contributed by atoms with Crippen molar-refractivity contribution in [3.63, 3.8) is 0 Å². The average Bonchev–Trinajstić information content (AvgIpc) is 3.69. The van der Waals surface area contributed by atoms with E-state index >= 15 is 0 Å². The van der Waals surface area contributed by atoms with Gasteiger partial charge in [0.2, 0.25) is 0 Å². The Morgan fingerprint density at radius 1 is 0.894 bits per heavy atom. The van der Waals surface area contributed by atoms with Gasteiger partial charge in [-0.3, -0.25) is 9.48 Å². The molecule has 1 aromatic rings. The van der Waals surface area contributed by atoms with Crippen LogP contribution in [0.4, 0.5) is 0 Å². The molecule has 1 saturated heterocycles. The molecule has 47 heavy (non-hydrogen) atoms. The number of hydrogen-bond donors (Lipinski definition) is 2. The number of aryl methyl sites for hydroxylation is 1. The number of ether oxygens (including phenoxy) is 1. The van der Waals surface area contributed by atoms with E-state index in [1.807, 2.05) is 0 Å². The van der Waals surface area contributed by atoms with Crippen LogP contribution in [0.2, 0.25) is 18.1 Å². The summed E-state index contributed by atoms with van der Waals surface area (Å²) in [5, 5.41) is 18.2. The third-order valence-electron chi connectivity index (χ3n) is 10.8. The van der Waals surface area contributed by atoms with Gasteiger partial charge in [-0.1, -0.05) is 137 Å². The van der Waals surface area contributed by atoms with Gasteiger partial charge in [-0.05, 0) is 56.3 Å². The molecular weight excluding hydrogens is 603 g/mol. The van der Waals surface area contributed by atoms with Crippen LogP contribution in [0.25, 0.3) is 0 Å². The van der Waals surface area contributed by atoms with Crippen LogP contribution in [-0.4, -0.2) is 60.1 Å². The summed E-state index contributed by atoms with van der Waals surface area (Å²) < 4.78 is 15.2. The fraction of sp³-hybridized carbons (Fsp3) is 0.897. The Labute approximate surface area is 290 Å². The molecule has 4 atom stereocenters. The number of unbranched alkanes of at least 4 members (excludes halogenated alkanes) is 16. The maximum absolute atomic E-state index is 12.1. The molecular formula is C39H75N3O4Si. The Balaban J connectivity index is 1.60. The lowest BCUT2D eigenvalue weighted by Crippen LogP contribution is -2.47.